The molecule has 0 aromatic heterocycles. The Morgan fingerprint density at radius 3 is 2.38 bits per heavy atom. The summed E-state index contributed by atoms with van der Waals surface area (Å²) in [5.74, 6) is 1.91. The molecule has 3 aliphatic rings. The van der Waals surface area contributed by atoms with Crippen LogP contribution in [0.5, 0.6) is 0 Å². The van der Waals surface area contributed by atoms with Crippen LogP contribution in [0.2, 0.25) is 0 Å². The lowest BCUT2D eigenvalue weighted by Gasteiger charge is -2.29. The Bertz CT molecular complexity index is 448. The first kappa shape index (κ1) is 25.2. The highest BCUT2D eigenvalue weighted by Gasteiger charge is 2.26. The van der Waals surface area contributed by atoms with Crippen LogP contribution in [0.1, 0.15) is 77.0 Å². The summed E-state index contributed by atoms with van der Waals surface area (Å²) in [4.78, 5) is 9.69. The van der Waals surface area contributed by atoms with Gasteiger partial charge in [0, 0.05) is 39.8 Å². The molecule has 1 unspecified atom stereocenters. The SMILES string of the molecule is CN=C(NCCCCOC1CCCCCC1)N1CCC(CN2CCCCC2)C1.I. The highest BCUT2D eigenvalue weighted by Crippen LogP contribution is 2.21. The van der Waals surface area contributed by atoms with E-state index >= 15 is 0 Å². The molecule has 0 bridgehead atoms. The average Bonchev–Trinajstić information content (AvgIpc) is 3.02. The zero-order chi connectivity index (χ0) is 19.4. The fourth-order valence-electron chi connectivity index (χ4n) is 5.10. The Morgan fingerprint density at radius 1 is 0.931 bits per heavy atom. The Morgan fingerprint density at radius 2 is 1.66 bits per heavy atom. The van der Waals surface area contributed by atoms with Crippen LogP contribution in [-0.4, -0.2) is 74.8 Å². The molecule has 0 aromatic carbocycles. The fraction of sp³-hybridized carbons (Fsp3) is 0.957. The molecule has 1 saturated carbocycles. The van der Waals surface area contributed by atoms with Crippen molar-refractivity contribution in [2.75, 3.05) is 52.9 Å². The van der Waals surface area contributed by atoms with Crippen LogP contribution in [0.3, 0.4) is 0 Å². The first-order valence-electron chi connectivity index (χ1n) is 12.1. The molecule has 5 nitrogen and oxygen atoms in total. The zero-order valence-corrected chi connectivity index (χ0v) is 21.1. The second kappa shape index (κ2) is 14.8. The van der Waals surface area contributed by atoms with Gasteiger partial charge in [-0.2, -0.15) is 0 Å². The Balaban J connectivity index is 0.00000300. The Kier molecular flexibility index (Phi) is 12.9. The number of likely N-dealkylation sites (tertiary alicyclic amines) is 2. The Labute approximate surface area is 196 Å². The van der Waals surface area contributed by atoms with Gasteiger partial charge >= 0.3 is 0 Å². The number of rotatable bonds is 8. The van der Waals surface area contributed by atoms with Crippen LogP contribution in [-0.2, 0) is 4.74 Å². The molecule has 0 radical (unpaired) electrons. The first-order valence-corrected chi connectivity index (χ1v) is 12.1. The van der Waals surface area contributed by atoms with Gasteiger partial charge in [-0.15, -0.1) is 24.0 Å². The molecule has 29 heavy (non-hydrogen) atoms. The lowest BCUT2D eigenvalue weighted by Crippen LogP contribution is -2.41. The van der Waals surface area contributed by atoms with E-state index in [1.54, 1.807) is 0 Å². The minimum atomic E-state index is 0. The van der Waals surface area contributed by atoms with E-state index in [1.807, 2.05) is 7.05 Å². The number of halogens is 1. The van der Waals surface area contributed by atoms with Gasteiger partial charge in [0.05, 0.1) is 6.10 Å². The second-order valence-electron chi connectivity index (χ2n) is 9.13. The van der Waals surface area contributed by atoms with Crippen LogP contribution < -0.4 is 5.32 Å². The summed E-state index contributed by atoms with van der Waals surface area (Å²) >= 11 is 0. The maximum absolute atomic E-state index is 6.11. The largest absolute Gasteiger partial charge is 0.378 e. The molecule has 2 saturated heterocycles. The van der Waals surface area contributed by atoms with E-state index < -0.39 is 0 Å². The van der Waals surface area contributed by atoms with Gasteiger partial charge in [0.25, 0.3) is 0 Å². The van der Waals surface area contributed by atoms with Crippen molar-refractivity contribution in [3.05, 3.63) is 0 Å². The summed E-state index contributed by atoms with van der Waals surface area (Å²) in [6.07, 6.45) is 16.4. The summed E-state index contributed by atoms with van der Waals surface area (Å²) in [5, 5.41) is 3.59. The number of nitrogens with one attached hydrogen (secondary N) is 1. The molecule has 3 fully saturated rings. The lowest BCUT2D eigenvalue weighted by molar-refractivity contribution is 0.0411. The van der Waals surface area contributed by atoms with E-state index in [-0.39, 0.29) is 24.0 Å². The van der Waals surface area contributed by atoms with Gasteiger partial charge in [0.15, 0.2) is 5.96 Å². The third kappa shape index (κ3) is 9.30. The molecule has 2 heterocycles. The van der Waals surface area contributed by atoms with Crippen LogP contribution >= 0.6 is 24.0 Å². The average molecular weight is 521 g/mol. The van der Waals surface area contributed by atoms with Gasteiger partial charge in [-0.1, -0.05) is 32.1 Å². The zero-order valence-electron chi connectivity index (χ0n) is 18.7. The van der Waals surface area contributed by atoms with Gasteiger partial charge in [-0.25, -0.2) is 0 Å². The van der Waals surface area contributed by atoms with E-state index in [2.05, 4.69) is 20.1 Å². The Hall–Kier alpha value is -0.0800. The standard InChI is InChI=1S/C23H44N4O.HI/c1-24-23(25-14-7-10-18-28-22-11-5-2-3-6-12-22)27-17-13-21(20-27)19-26-15-8-4-9-16-26;/h21-22H,2-20H2,1H3,(H,24,25);1H. The fourth-order valence-corrected chi connectivity index (χ4v) is 5.10. The highest BCUT2D eigenvalue weighted by molar-refractivity contribution is 14.0. The molecule has 1 atom stereocenters. The van der Waals surface area contributed by atoms with E-state index in [0.29, 0.717) is 6.10 Å². The number of nitrogens with zero attached hydrogens (tertiary/aromatic N) is 3. The van der Waals surface area contributed by atoms with Crippen LogP contribution in [0.25, 0.3) is 0 Å². The van der Waals surface area contributed by atoms with E-state index in [0.717, 1.165) is 44.4 Å². The smallest absolute Gasteiger partial charge is 0.193 e. The third-order valence-corrected chi connectivity index (χ3v) is 6.77. The number of ether oxygens (including phenoxy) is 1. The predicted molar refractivity (Wildman–Crippen MR) is 133 cm³/mol. The summed E-state index contributed by atoms with van der Waals surface area (Å²) in [5.41, 5.74) is 0. The number of unbranched alkanes of at least 4 members (excludes halogenated alkanes) is 1. The quantitative estimate of drug-likeness (QED) is 0.168. The number of hydrogen-bond donors (Lipinski definition) is 1. The summed E-state index contributed by atoms with van der Waals surface area (Å²) in [6, 6.07) is 0. The van der Waals surface area contributed by atoms with Gasteiger partial charge in [-0.3, -0.25) is 4.99 Å². The van der Waals surface area contributed by atoms with Crippen molar-refractivity contribution in [3.63, 3.8) is 0 Å². The van der Waals surface area contributed by atoms with Gasteiger partial charge in [0.1, 0.15) is 0 Å². The molecule has 3 rings (SSSR count). The topological polar surface area (TPSA) is 40.1 Å². The van der Waals surface area contributed by atoms with Crippen molar-refractivity contribution >= 4 is 29.9 Å². The molecule has 0 spiro atoms. The van der Waals surface area contributed by atoms with E-state index in [4.69, 9.17) is 4.74 Å². The highest BCUT2D eigenvalue weighted by atomic mass is 127. The minimum absolute atomic E-state index is 0. The van der Waals surface area contributed by atoms with E-state index in [1.165, 1.54) is 90.4 Å². The summed E-state index contributed by atoms with van der Waals surface area (Å²) in [6.45, 7) is 8.16. The molecule has 170 valence electrons. The van der Waals surface area contributed by atoms with Gasteiger partial charge in [0.2, 0.25) is 0 Å². The number of hydrogen-bond acceptors (Lipinski definition) is 3. The molecule has 0 amide bonds. The van der Waals surface area contributed by atoms with Gasteiger partial charge in [-0.05, 0) is 64.0 Å². The van der Waals surface area contributed by atoms with Crippen molar-refractivity contribution in [1.29, 1.82) is 0 Å². The molecular weight excluding hydrogens is 475 g/mol. The third-order valence-electron chi connectivity index (χ3n) is 6.77. The van der Waals surface area contributed by atoms with Crippen LogP contribution in [0.15, 0.2) is 4.99 Å². The van der Waals surface area contributed by atoms with Crippen molar-refractivity contribution in [1.82, 2.24) is 15.1 Å². The minimum Gasteiger partial charge on any atom is -0.378 e. The normalized spacial score (nSPS) is 24.9. The van der Waals surface area contributed by atoms with Crippen molar-refractivity contribution in [2.45, 2.75) is 83.2 Å². The van der Waals surface area contributed by atoms with E-state index in [9.17, 15) is 0 Å². The lowest BCUT2D eigenvalue weighted by atomic mass is 10.1. The van der Waals surface area contributed by atoms with Crippen molar-refractivity contribution in [2.24, 2.45) is 10.9 Å². The molecule has 1 aliphatic carbocycles. The maximum atomic E-state index is 6.11. The van der Waals surface area contributed by atoms with Crippen molar-refractivity contribution < 1.29 is 4.74 Å². The monoisotopic (exact) mass is 520 g/mol. The number of guanidine groups is 1. The molecule has 2 aliphatic heterocycles. The van der Waals surface area contributed by atoms with Crippen LogP contribution in [0.4, 0.5) is 0 Å². The van der Waals surface area contributed by atoms with Crippen LogP contribution in [0, 0.1) is 5.92 Å². The molecule has 1 N–H and O–H groups in total. The molecule has 6 heteroatoms. The predicted octanol–water partition coefficient (Wildman–Crippen LogP) is 4.51. The maximum Gasteiger partial charge on any atom is 0.193 e. The molecule has 0 aromatic rings. The number of aliphatic imine (C=N–C) groups is 1. The summed E-state index contributed by atoms with van der Waals surface area (Å²) in [7, 11) is 1.93. The van der Waals surface area contributed by atoms with Gasteiger partial charge < -0.3 is 19.9 Å². The first-order chi connectivity index (χ1) is 13.8. The summed E-state index contributed by atoms with van der Waals surface area (Å²) < 4.78 is 6.11. The van der Waals surface area contributed by atoms with Crippen molar-refractivity contribution in [3.8, 4) is 0 Å². The molecular formula is C23H45IN4O. The second-order valence-corrected chi connectivity index (χ2v) is 9.13. The number of piperidine rings is 1.